The van der Waals surface area contributed by atoms with Crippen molar-refractivity contribution < 1.29 is 9.53 Å². The number of hydrogen-bond acceptors (Lipinski definition) is 2. The van der Waals surface area contributed by atoms with E-state index < -0.39 is 0 Å². The van der Waals surface area contributed by atoms with E-state index in [9.17, 15) is 4.79 Å². The Morgan fingerprint density at radius 1 is 1.19 bits per heavy atom. The van der Waals surface area contributed by atoms with Crippen LogP contribution in [0.25, 0.3) is 0 Å². The molecule has 1 aromatic carbocycles. The van der Waals surface area contributed by atoms with E-state index in [1.54, 1.807) is 7.11 Å². The fraction of sp³-hybridized carbons (Fsp3) is 0.500. The summed E-state index contributed by atoms with van der Waals surface area (Å²) in [4.78, 5) is 12.2. The monoisotopic (exact) mass is 216 g/mol. The van der Waals surface area contributed by atoms with E-state index in [1.165, 1.54) is 18.4 Å². The molecule has 16 heavy (non-hydrogen) atoms. The van der Waals surface area contributed by atoms with Crippen LogP contribution in [0.5, 0.6) is 5.75 Å². The fourth-order valence-electron chi connectivity index (χ4n) is 3.22. The zero-order valence-electron chi connectivity index (χ0n) is 9.53. The molecular formula is C14H16O2. The van der Waals surface area contributed by atoms with Crippen molar-refractivity contribution in [3.8, 4) is 5.75 Å². The highest BCUT2D eigenvalue weighted by Crippen LogP contribution is 2.47. The highest BCUT2D eigenvalue weighted by atomic mass is 16.5. The van der Waals surface area contributed by atoms with E-state index in [2.05, 4.69) is 6.07 Å². The van der Waals surface area contributed by atoms with Crippen LogP contribution >= 0.6 is 0 Å². The number of hydrogen-bond donors (Lipinski definition) is 0. The smallest absolute Gasteiger partial charge is 0.166 e. The number of carbonyl (C=O) groups excluding carboxylic acids is 1. The van der Waals surface area contributed by atoms with Gasteiger partial charge < -0.3 is 4.74 Å². The van der Waals surface area contributed by atoms with E-state index in [-0.39, 0.29) is 5.92 Å². The molecule has 1 saturated carbocycles. The van der Waals surface area contributed by atoms with Gasteiger partial charge in [0.1, 0.15) is 5.75 Å². The van der Waals surface area contributed by atoms with Crippen LogP contribution in [0.4, 0.5) is 0 Å². The maximum Gasteiger partial charge on any atom is 0.166 e. The molecule has 0 amide bonds. The average Bonchev–Trinajstić information content (AvgIpc) is 2.64. The van der Waals surface area contributed by atoms with Crippen molar-refractivity contribution in [1.82, 2.24) is 0 Å². The predicted molar refractivity (Wildman–Crippen MR) is 62.0 cm³/mol. The van der Waals surface area contributed by atoms with Crippen molar-refractivity contribution in [2.75, 3.05) is 7.11 Å². The SMILES string of the molecule is COc1ccc2c(c1)C1CCCCC1C2=O. The molecule has 2 atom stereocenters. The summed E-state index contributed by atoms with van der Waals surface area (Å²) in [6.45, 7) is 0. The molecular weight excluding hydrogens is 200 g/mol. The molecule has 2 aliphatic carbocycles. The van der Waals surface area contributed by atoms with Gasteiger partial charge in [-0.25, -0.2) is 0 Å². The van der Waals surface area contributed by atoms with Crippen molar-refractivity contribution in [3.63, 3.8) is 0 Å². The number of fused-ring (bicyclic) bond motifs is 3. The van der Waals surface area contributed by atoms with Crippen LogP contribution in [0, 0.1) is 5.92 Å². The van der Waals surface area contributed by atoms with Crippen LogP contribution in [0.1, 0.15) is 47.5 Å². The van der Waals surface area contributed by atoms with Crippen molar-refractivity contribution in [2.45, 2.75) is 31.6 Å². The van der Waals surface area contributed by atoms with Gasteiger partial charge in [0.15, 0.2) is 5.78 Å². The summed E-state index contributed by atoms with van der Waals surface area (Å²) in [5.41, 5.74) is 2.17. The normalized spacial score (nSPS) is 27.4. The lowest BCUT2D eigenvalue weighted by atomic mass is 9.79. The van der Waals surface area contributed by atoms with E-state index in [4.69, 9.17) is 4.74 Å². The zero-order chi connectivity index (χ0) is 11.1. The second-order valence-electron chi connectivity index (χ2n) is 4.81. The van der Waals surface area contributed by atoms with E-state index in [0.29, 0.717) is 11.7 Å². The molecule has 2 nitrogen and oxygen atoms in total. The summed E-state index contributed by atoms with van der Waals surface area (Å²) in [5, 5.41) is 0. The largest absolute Gasteiger partial charge is 0.497 e. The fourth-order valence-corrected chi connectivity index (χ4v) is 3.22. The Labute approximate surface area is 95.6 Å². The summed E-state index contributed by atoms with van der Waals surface area (Å²) in [6.07, 6.45) is 4.69. The van der Waals surface area contributed by atoms with Crippen LogP contribution in [0.15, 0.2) is 18.2 Å². The maximum atomic E-state index is 12.2. The third kappa shape index (κ3) is 1.29. The highest BCUT2D eigenvalue weighted by molar-refractivity contribution is 6.03. The molecule has 2 aliphatic rings. The zero-order valence-corrected chi connectivity index (χ0v) is 9.53. The van der Waals surface area contributed by atoms with Crippen LogP contribution < -0.4 is 4.74 Å². The van der Waals surface area contributed by atoms with E-state index in [0.717, 1.165) is 24.2 Å². The molecule has 1 fully saturated rings. The molecule has 0 saturated heterocycles. The lowest BCUT2D eigenvalue weighted by Crippen LogP contribution is -2.17. The molecule has 0 bridgehead atoms. The lowest BCUT2D eigenvalue weighted by molar-refractivity contribution is 0.0898. The van der Waals surface area contributed by atoms with Crippen molar-refractivity contribution in [3.05, 3.63) is 29.3 Å². The van der Waals surface area contributed by atoms with Gasteiger partial charge in [0.2, 0.25) is 0 Å². The molecule has 0 N–H and O–H groups in total. The van der Waals surface area contributed by atoms with Gasteiger partial charge >= 0.3 is 0 Å². The van der Waals surface area contributed by atoms with Gasteiger partial charge in [0.05, 0.1) is 7.11 Å². The summed E-state index contributed by atoms with van der Waals surface area (Å²) in [7, 11) is 1.68. The first-order valence-electron chi connectivity index (χ1n) is 6.03. The Balaban J connectivity index is 2.07. The third-order valence-electron chi connectivity index (χ3n) is 4.03. The second-order valence-corrected chi connectivity index (χ2v) is 4.81. The molecule has 0 aromatic heterocycles. The standard InChI is InChI=1S/C14H16O2/c1-16-9-6-7-12-13(8-9)10-4-2-3-5-11(10)14(12)15/h6-8,10-11H,2-5H2,1H3. The van der Waals surface area contributed by atoms with Gasteiger partial charge in [-0.1, -0.05) is 12.8 Å². The number of methoxy groups -OCH3 is 1. The number of benzene rings is 1. The first-order valence-corrected chi connectivity index (χ1v) is 6.03. The van der Waals surface area contributed by atoms with Crippen LogP contribution in [-0.4, -0.2) is 12.9 Å². The Morgan fingerprint density at radius 3 is 2.69 bits per heavy atom. The molecule has 3 rings (SSSR count). The lowest BCUT2D eigenvalue weighted by Gasteiger charge is -2.24. The first kappa shape index (κ1) is 9.88. The number of rotatable bonds is 1. The Kier molecular flexibility index (Phi) is 2.23. The topological polar surface area (TPSA) is 26.3 Å². The molecule has 0 aliphatic heterocycles. The molecule has 84 valence electrons. The Morgan fingerprint density at radius 2 is 1.94 bits per heavy atom. The molecule has 1 aromatic rings. The summed E-state index contributed by atoms with van der Waals surface area (Å²) >= 11 is 0. The van der Waals surface area contributed by atoms with Crippen molar-refractivity contribution in [1.29, 1.82) is 0 Å². The van der Waals surface area contributed by atoms with Crippen molar-refractivity contribution >= 4 is 5.78 Å². The number of ether oxygens (including phenoxy) is 1. The minimum Gasteiger partial charge on any atom is -0.497 e. The van der Waals surface area contributed by atoms with E-state index >= 15 is 0 Å². The summed E-state index contributed by atoms with van der Waals surface area (Å²) in [5.74, 6) is 1.96. The Bertz CT molecular complexity index is 436. The number of ketones is 1. The summed E-state index contributed by atoms with van der Waals surface area (Å²) < 4.78 is 5.24. The van der Waals surface area contributed by atoms with Gasteiger partial charge in [-0.2, -0.15) is 0 Å². The highest BCUT2D eigenvalue weighted by Gasteiger charge is 2.40. The Hall–Kier alpha value is -1.31. The van der Waals surface area contributed by atoms with Gasteiger partial charge in [-0.3, -0.25) is 4.79 Å². The van der Waals surface area contributed by atoms with Crippen molar-refractivity contribution in [2.24, 2.45) is 5.92 Å². The number of Topliss-reactive ketones (excluding diaryl/α,β-unsaturated/α-hetero) is 1. The minimum absolute atomic E-state index is 0.260. The second kappa shape index (κ2) is 3.62. The molecule has 0 radical (unpaired) electrons. The molecule has 0 heterocycles. The molecule has 2 heteroatoms. The first-order chi connectivity index (χ1) is 7.81. The van der Waals surface area contributed by atoms with Crippen LogP contribution in [-0.2, 0) is 0 Å². The molecule has 0 spiro atoms. The third-order valence-corrected chi connectivity index (χ3v) is 4.03. The van der Waals surface area contributed by atoms with Gasteiger partial charge in [-0.05, 0) is 42.5 Å². The molecule has 2 unspecified atom stereocenters. The minimum atomic E-state index is 0.260. The van der Waals surface area contributed by atoms with Gasteiger partial charge in [0, 0.05) is 11.5 Å². The van der Waals surface area contributed by atoms with Crippen LogP contribution in [0.2, 0.25) is 0 Å². The maximum absolute atomic E-state index is 12.2. The quantitative estimate of drug-likeness (QED) is 0.720. The van der Waals surface area contributed by atoms with Gasteiger partial charge in [-0.15, -0.1) is 0 Å². The van der Waals surface area contributed by atoms with Crippen LogP contribution in [0.3, 0.4) is 0 Å². The average molecular weight is 216 g/mol. The number of carbonyl (C=O) groups is 1. The predicted octanol–water partition coefficient (Wildman–Crippen LogP) is 3.17. The van der Waals surface area contributed by atoms with Gasteiger partial charge in [0.25, 0.3) is 0 Å². The summed E-state index contributed by atoms with van der Waals surface area (Å²) in [6, 6.07) is 5.89. The van der Waals surface area contributed by atoms with E-state index in [1.807, 2.05) is 12.1 Å².